The zero-order chi connectivity index (χ0) is 10.8. The van der Waals surface area contributed by atoms with Crippen LogP contribution in [0.15, 0.2) is 36.4 Å². The minimum Gasteiger partial charge on any atom is -0.323 e. The van der Waals surface area contributed by atoms with Crippen molar-refractivity contribution in [3.05, 3.63) is 42.1 Å². The Kier molecular flexibility index (Phi) is 2.56. The van der Waals surface area contributed by atoms with E-state index < -0.39 is 0 Å². The molecule has 2 aromatic rings. The quantitative estimate of drug-likeness (QED) is 0.808. The van der Waals surface area contributed by atoms with E-state index in [9.17, 15) is 0 Å². The van der Waals surface area contributed by atoms with Crippen LogP contribution < -0.4 is 5.73 Å². The third-order valence-corrected chi connectivity index (χ3v) is 2.43. The third kappa shape index (κ3) is 1.92. The number of hydrogen-bond donors (Lipinski definition) is 1. The van der Waals surface area contributed by atoms with E-state index in [4.69, 9.17) is 5.73 Å². The lowest BCUT2D eigenvalue weighted by Gasteiger charge is -1.99. The van der Waals surface area contributed by atoms with E-state index in [1.54, 1.807) is 0 Å². The number of aryl methyl sites for hydroxylation is 1. The first-order valence-electron chi connectivity index (χ1n) is 5.03. The number of rotatable bonds is 2. The van der Waals surface area contributed by atoms with E-state index in [-0.39, 0.29) is 6.04 Å². The van der Waals surface area contributed by atoms with Crippen LogP contribution in [0.2, 0.25) is 0 Å². The van der Waals surface area contributed by atoms with Gasteiger partial charge >= 0.3 is 0 Å². The predicted molar refractivity (Wildman–Crippen MR) is 61.2 cm³/mol. The van der Waals surface area contributed by atoms with Gasteiger partial charge < -0.3 is 5.73 Å². The van der Waals surface area contributed by atoms with Gasteiger partial charge in [-0.15, -0.1) is 0 Å². The Morgan fingerprint density at radius 2 is 1.93 bits per heavy atom. The van der Waals surface area contributed by atoms with Crippen LogP contribution >= 0.6 is 0 Å². The molecule has 0 saturated heterocycles. The van der Waals surface area contributed by atoms with Crippen LogP contribution in [0.1, 0.15) is 18.7 Å². The van der Waals surface area contributed by atoms with E-state index in [0.29, 0.717) is 0 Å². The summed E-state index contributed by atoms with van der Waals surface area (Å²) in [6.07, 6.45) is 0. The molecule has 2 N–H and O–H groups in total. The lowest BCUT2D eigenvalue weighted by atomic mass is 10.1. The Morgan fingerprint density at radius 1 is 1.27 bits per heavy atom. The Balaban J connectivity index is 2.45. The van der Waals surface area contributed by atoms with E-state index in [1.807, 2.05) is 42.9 Å². The van der Waals surface area contributed by atoms with Gasteiger partial charge in [-0.25, -0.2) is 0 Å². The molecule has 2 rings (SSSR count). The van der Waals surface area contributed by atoms with Crippen LogP contribution in [0.3, 0.4) is 0 Å². The monoisotopic (exact) mass is 201 g/mol. The number of aromatic nitrogens is 2. The van der Waals surface area contributed by atoms with Crippen molar-refractivity contribution >= 4 is 0 Å². The van der Waals surface area contributed by atoms with Crippen molar-refractivity contribution < 1.29 is 0 Å². The molecule has 0 fully saturated rings. The second-order valence-electron chi connectivity index (χ2n) is 3.73. The number of nitrogens with zero attached hydrogens (tertiary/aromatic N) is 2. The summed E-state index contributed by atoms with van der Waals surface area (Å²) in [6, 6.07) is 12.2. The van der Waals surface area contributed by atoms with Gasteiger partial charge in [-0.1, -0.05) is 30.3 Å². The molecule has 0 aliphatic carbocycles. The first kappa shape index (κ1) is 9.93. The lowest BCUT2D eigenvalue weighted by Crippen LogP contribution is -2.06. The van der Waals surface area contributed by atoms with Gasteiger partial charge in [0.1, 0.15) is 0 Å². The molecule has 0 bridgehead atoms. The van der Waals surface area contributed by atoms with Gasteiger partial charge in [0.05, 0.1) is 11.4 Å². The fraction of sp³-hybridized carbons (Fsp3) is 0.250. The van der Waals surface area contributed by atoms with Gasteiger partial charge in [0.15, 0.2) is 0 Å². The zero-order valence-corrected chi connectivity index (χ0v) is 9.01. The Morgan fingerprint density at radius 3 is 2.47 bits per heavy atom. The smallest absolute Gasteiger partial charge is 0.0795 e. The number of benzene rings is 1. The topological polar surface area (TPSA) is 43.8 Å². The van der Waals surface area contributed by atoms with Gasteiger partial charge in [-0.05, 0) is 18.6 Å². The van der Waals surface area contributed by atoms with Crippen molar-refractivity contribution in [1.82, 2.24) is 9.78 Å². The van der Waals surface area contributed by atoms with Crippen LogP contribution in [-0.4, -0.2) is 9.78 Å². The molecular formula is C12H15N3. The first-order chi connectivity index (χ1) is 7.18. The average Bonchev–Trinajstić information content (AvgIpc) is 2.62. The number of nitrogens with two attached hydrogens (primary N) is 1. The molecule has 0 aliphatic heterocycles. The summed E-state index contributed by atoms with van der Waals surface area (Å²) in [5.74, 6) is 0. The summed E-state index contributed by atoms with van der Waals surface area (Å²) in [4.78, 5) is 0. The molecule has 0 spiro atoms. The molecule has 1 aromatic carbocycles. The van der Waals surface area contributed by atoms with Crippen LogP contribution in [0.25, 0.3) is 11.3 Å². The highest BCUT2D eigenvalue weighted by atomic mass is 15.3. The van der Waals surface area contributed by atoms with Crippen LogP contribution in [0.4, 0.5) is 0 Å². The van der Waals surface area contributed by atoms with Crippen molar-refractivity contribution in [1.29, 1.82) is 0 Å². The summed E-state index contributed by atoms with van der Waals surface area (Å²) in [6.45, 7) is 1.94. The highest BCUT2D eigenvalue weighted by Crippen LogP contribution is 2.21. The van der Waals surface area contributed by atoms with Crippen LogP contribution in [-0.2, 0) is 7.05 Å². The Bertz CT molecular complexity index is 443. The molecule has 15 heavy (non-hydrogen) atoms. The van der Waals surface area contributed by atoms with Crippen molar-refractivity contribution in [3.63, 3.8) is 0 Å². The largest absolute Gasteiger partial charge is 0.323 e. The fourth-order valence-corrected chi connectivity index (χ4v) is 1.59. The molecule has 1 atom stereocenters. The summed E-state index contributed by atoms with van der Waals surface area (Å²) >= 11 is 0. The van der Waals surface area contributed by atoms with Crippen LogP contribution in [0, 0.1) is 0 Å². The normalized spacial score (nSPS) is 12.7. The molecule has 0 amide bonds. The van der Waals surface area contributed by atoms with E-state index in [0.717, 1.165) is 11.4 Å². The minimum absolute atomic E-state index is 0.0198. The van der Waals surface area contributed by atoms with E-state index in [1.165, 1.54) is 5.56 Å². The first-order valence-corrected chi connectivity index (χ1v) is 5.03. The molecule has 3 nitrogen and oxygen atoms in total. The molecular weight excluding hydrogens is 186 g/mol. The molecule has 3 heteroatoms. The highest BCUT2D eigenvalue weighted by Gasteiger charge is 2.09. The van der Waals surface area contributed by atoms with Gasteiger partial charge in [0.2, 0.25) is 0 Å². The molecule has 1 aromatic heterocycles. The standard InChI is InChI=1S/C12H15N3/c1-9(13)11-8-12(15(2)14-11)10-6-4-3-5-7-10/h3-9H,13H2,1-2H3/t9-/m1/s1. The van der Waals surface area contributed by atoms with Crippen molar-refractivity contribution in [2.75, 3.05) is 0 Å². The second-order valence-corrected chi connectivity index (χ2v) is 3.73. The summed E-state index contributed by atoms with van der Waals surface area (Å²) in [5, 5.41) is 4.38. The summed E-state index contributed by atoms with van der Waals surface area (Å²) < 4.78 is 1.87. The van der Waals surface area contributed by atoms with Crippen LogP contribution in [0.5, 0.6) is 0 Å². The Labute approximate surface area is 89.5 Å². The fourth-order valence-electron chi connectivity index (χ4n) is 1.59. The maximum Gasteiger partial charge on any atom is 0.0795 e. The van der Waals surface area contributed by atoms with Crippen molar-refractivity contribution in [2.24, 2.45) is 12.8 Å². The van der Waals surface area contributed by atoms with Gasteiger partial charge in [-0.3, -0.25) is 4.68 Å². The predicted octanol–water partition coefficient (Wildman–Crippen LogP) is 2.11. The van der Waals surface area contributed by atoms with Crippen molar-refractivity contribution in [2.45, 2.75) is 13.0 Å². The van der Waals surface area contributed by atoms with E-state index in [2.05, 4.69) is 17.2 Å². The molecule has 1 heterocycles. The number of hydrogen-bond acceptors (Lipinski definition) is 2. The average molecular weight is 201 g/mol. The second kappa shape index (κ2) is 3.87. The minimum atomic E-state index is -0.0198. The van der Waals surface area contributed by atoms with Crippen molar-refractivity contribution in [3.8, 4) is 11.3 Å². The maximum atomic E-state index is 5.80. The molecule has 0 aliphatic rings. The highest BCUT2D eigenvalue weighted by molar-refractivity contribution is 5.59. The molecule has 0 saturated carbocycles. The Hall–Kier alpha value is -1.61. The SMILES string of the molecule is C[C@@H](N)c1cc(-c2ccccc2)n(C)n1. The van der Waals surface area contributed by atoms with Gasteiger partial charge in [-0.2, -0.15) is 5.10 Å². The molecule has 78 valence electrons. The molecule has 0 unspecified atom stereocenters. The van der Waals surface area contributed by atoms with Gasteiger partial charge in [0, 0.05) is 13.1 Å². The maximum absolute atomic E-state index is 5.80. The lowest BCUT2D eigenvalue weighted by molar-refractivity contribution is 0.702. The summed E-state index contributed by atoms with van der Waals surface area (Å²) in [7, 11) is 1.94. The van der Waals surface area contributed by atoms with Gasteiger partial charge in [0.25, 0.3) is 0 Å². The third-order valence-electron chi connectivity index (χ3n) is 2.43. The van der Waals surface area contributed by atoms with E-state index >= 15 is 0 Å². The summed E-state index contributed by atoms with van der Waals surface area (Å²) in [5.41, 5.74) is 8.99. The zero-order valence-electron chi connectivity index (χ0n) is 9.01. The molecule has 0 radical (unpaired) electrons.